The molecule has 0 aromatic carbocycles. The third-order valence-corrected chi connectivity index (χ3v) is 5.02. The fraction of sp³-hybridized carbons (Fsp3) is 0.615. The summed E-state index contributed by atoms with van der Waals surface area (Å²) in [6.07, 6.45) is 2.94. The summed E-state index contributed by atoms with van der Waals surface area (Å²) >= 11 is 5.41. The number of aromatic nitrogens is 1. The van der Waals surface area contributed by atoms with Crippen molar-refractivity contribution in [3.05, 3.63) is 22.3 Å². The molecule has 1 saturated heterocycles. The average molecular weight is 331 g/mol. The average Bonchev–Trinajstić information content (AvgIpc) is 2.50. The van der Waals surface area contributed by atoms with Crippen molar-refractivity contribution in [2.75, 3.05) is 23.7 Å². The predicted octanol–water partition coefficient (Wildman–Crippen LogP) is 3.06. The molecular weight excluding hydrogens is 312 g/mol. The van der Waals surface area contributed by atoms with Crippen molar-refractivity contribution in [3.8, 4) is 0 Å². The lowest BCUT2D eigenvalue weighted by atomic mass is 10.1. The fourth-order valence-corrected chi connectivity index (χ4v) is 3.59. The molecule has 2 rings (SSSR count). The maximum atomic E-state index is 9.45. The van der Waals surface area contributed by atoms with Crippen molar-refractivity contribution in [1.82, 2.24) is 4.98 Å². The second-order valence-electron chi connectivity index (χ2n) is 5.14. The Morgan fingerprint density at radius 2 is 2.28 bits per heavy atom. The van der Waals surface area contributed by atoms with E-state index in [0.29, 0.717) is 4.75 Å². The van der Waals surface area contributed by atoms with Crippen LogP contribution in [-0.4, -0.2) is 33.7 Å². The first-order valence-electron chi connectivity index (χ1n) is 6.16. The van der Waals surface area contributed by atoms with E-state index >= 15 is 0 Å². The van der Waals surface area contributed by atoms with E-state index in [9.17, 15) is 5.11 Å². The van der Waals surface area contributed by atoms with Gasteiger partial charge in [0.15, 0.2) is 0 Å². The molecule has 1 aromatic rings. The number of thioether (sulfide) groups is 1. The zero-order valence-corrected chi connectivity index (χ0v) is 13.2. The summed E-state index contributed by atoms with van der Waals surface area (Å²) in [4.78, 5) is 6.76. The van der Waals surface area contributed by atoms with Gasteiger partial charge in [0, 0.05) is 39.8 Å². The van der Waals surface area contributed by atoms with Crippen LogP contribution in [0.1, 0.15) is 25.8 Å². The number of aliphatic hydroxyl groups excluding tert-OH is 1. The van der Waals surface area contributed by atoms with Crippen LogP contribution < -0.4 is 4.90 Å². The van der Waals surface area contributed by atoms with Crippen molar-refractivity contribution >= 4 is 33.5 Å². The fourth-order valence-electron chi connectivity index (χ4n) is 2.11. The maximum Gasteiger partial charge on any atom is 0.134 e. The Bertz CT molecular complexity index is 425. The molecule has 1 N–H and O–H groups in total. The van der Waals surface area contributed by atoms with Crippen LogP contribution in [0.4, 0.5) is 5.82 Å². The van der Waals surface area contributed by atoms with E-state index in [4.69, 9.17) is 0 Å². The number of hydrogen-bond donors (Lipinski definition) is 1. The van der Waals surface area contributed by atoms with Crippen molar-refractivity contribution in [2.24, 2.45) is 0 Å². The van der Waals surface area contributed by atoms with E-state index in [0.717, 1.165) is 41.1 Å². The SMILES string of the molecule is CC1(C)CCN(c2ncc(Br)cc2CO)CCS1. The topological polar surface area (TPSA) is 36.4 Å². The van der Waals surface area contributed by atoms with Gasteiger partial charge in [0.2, 0.25) is 0 Å². The van der Waals surface area contributed by atoms with Gasteiger partial charge in [-0.3, -0.25) is 0 Å². The normalized spacial score (nSPS) is 19.7. The molecule has 100 valence electrons. The molecule has 18 heavy (non-hydrogen) atoms. The molecule has 0 spiro atoms. The largest absolute Gasteiger partial charge is 0.392 e. The molecule has 1 aromatic heterocycles. The Kier molecular flexibility index (Phi) is 4.56. The minimum absolute atomic E-state index is 0.0365. The molecule has 0 saturated carbocycles. The van der Waals surface area contributed by atoms with Gasteiger partial charge in [0.1, 0.15) is 5.82 Å². The minimum Gasteiger partial charge on any atom is -0.392 e. The Hall–Kier alpha value is -0.260. The van der Waals surface area contributed by atoms with Gasteiger partial charge in [0.25, 0.3) is 0 Å². The van der Waals surface area contributed by atoms with Crippen LogP contribution in [0, 0.1) is 0 Å². The van der Waals surface area contributed by atoms with Gasteiger partial charge in [-0.1, -0.05) is 13.8 Å². The highest BCUT2D eigenvalue weighted by atomic mass is 79.9. The molecule has 3 nitrogen and oxygen atoms in total. The summed E-state index contributed by atoms with van der Waals surface area (Å²) in [5.74, 6) is 2.04. The third-order valence-electron chi connectivity index (χ3n) is 3.22. The van der Waals surface area contributed by atoms with Crippen LogP contribution in [0.25, 0.3) is 0 Å². The summed E-state index contributed by atoms with van der Waals surface area (Å²) in [7, 11) is 0. The third kappa shape index (κ3) is 3.39. The van der Waals surface area contributed by atoms with E-state index in [2.05, 4.69) is 39.7 Å². The summed E-state index contributed by atoms with van der Waals surface area (Å²) in [6, 6.07) is 1.95. The second-order valence-corrected chi connectivity index (χ2v) is 7.86. The van der Waals surface area contributed by atoms with Crippen molar-refractivity contribution < 1.29 is 5.11 Å². The Labute approximate surface area is 121 Å². The lowest BCUT2D eigenvalue weighted by Gasteiger charge is -2.25. The van der Waals surface area contributed by atoms with Crippen LogP contribution in [0.15, 0.2) is 16.7 Å². The number of anilines is 1. The monoisotopic (exact) mass is 330 g/mol. The summed E-state index contributed by atoms with van der Waals surface area (Å²) in [5, 5.41) is 9.45. The minimum atomic E-state index is 0.0365. The van der Waals surface area contributed by atoms with Gasteiger partial charge in [-0.2, -0.15) is 11.8 Å². The lowest BCUT2D eigenvalue weighted by molar-refractivity contribution is 0.281. The van der Waals surface area contributed by atoms with E-state index in [1.54, 1.807) is 6.20 Å². The Morgan fingerprint density at radius 3 is 3.00 bits per heavy atom. The maximum absolute atomic E-state index is 9.45. The molecule has 5 heteroatoms. The zero-order chi connectivity index (χ0) is 13.2. The van der Waals surface area contributed by atoms with Crippen molar-refractivity contribution in [2.45, 2.75) is 31.6 Å². The van der Waals surface area contributed by atoms with Gasteiger partial charge in [0.05, 0.1) is 6.61 Å². The molecular formula is C13H19BrN2OS. The molecule has 1 fully saturated rings. The summed E-state index contributed by atoms with van der Waals surface area (Å²) < 4.78 is 1.25. The number of pyridine rings is 1. The first kappa shape index (κ1) is 14.2. The summed E-state index contributed by atoms with van der Waals surface area (Å²) in [6.45, 7) is 6.62. The lowest BCUT2D eigenvalue weighted by Crippen LogP contribution is -2.28. The molecule has 0 radical (unpaired) electrons. The van der Waals surface area contributed by atoms with Crippen LogP contribution in [-0.2, 0) is 6.61 Å². The molecule has 1 aliphatic heterocycles. The Balaban J connectivity index is 2.21. The summed E-state index contributed by atoms with van der Waals surface area (Å²) in [5.41, 5.74) is 0.897. The molecule has 0 aliphatic carbocycles. The molecule has 1 aliphatic rings. The number of nitrogens with zero attached hydrogens (tertiary/aromatic N) is 2. The van der Waals surface area contributed by atoms with Gasteiger partial charge in [-0.15, -0.1) is 0 Å². The highest BCUT2D eigenvalue weighted by molar-refractivity contribution is 9.10. The number of aliphatic hydroxyl groups is 1. The highest BCUT2D eigenvalue weighted by Crippen LogP contribution is 2.33. The van der Waals surface area contributed by atoms with Crippen molar-refractivity contribution in [3.63, 3.8) is 0 Å². The molecule has 0 bridgehead atoms. The molecule has 0 amide bonds. The van der Waals surface area contributed by atoms with Gasteiger partial charge in [-0.05, 0) is 28.4 Å². The molecule has 0 atom stereocenters. The van der Waals surface area contributed by atoms with Crippen LogP contribution >= 0.6 is 27.7 Å². The predicted molar refractivity (Wildman–Crippen MR) is 81.2 cm³/mol. The first-order valence-corrected chi connectivity index (χ1v) is 7.94. The van der Waals surface area contributed by atoms with Gasteiger partial charge >= 0.3 is 0 Å². The van der Waals surface area contributed by atoms with E-state index in [1.165, 1.54) is 0 Å². The standard InChI is InChI=1S/C13H19BrN2OS/c1-13(2)3-4-16(5-6-18-13)12-10(9-17)7-11(14)8-15-12/h7-8,17H,3-6,9H2,1-2H3. The highest BCUT2D eigenvalue weighted by Gasteiger charge is 2.25. The Morgan fingerprint density at radius 1 is 1.50 bits per heavy atom. The van der Waals surface area contributed by atoms with Crippen LogP contribution in [0.2, 0.25) is 0 Å². The number of rotatable bonds is 2. The molecule has 2 heterocycles. The van der Waals surface area contributed by atoms with E-state index < -0.39 is 0 Å². The van der Waals surface area contributed by atoms with Crippen LogP contribution in [0.5, 0.6) is 0 Å². The first-order chi connectivity index (χ1) is 8.52. The van der Waals surface area contributed by atoms with E-state index in [1.807, 2.05) is 17.8 Å². The van der Waals surface area contributed by atoms with Gasteiger partial charge < -0.3 is 10.0 Å². The smallest absolute Gasteiger partial charge is 0.134 e. The van der Waals surface area contributed by atoms with Crippen LogP contribution in [0.3, 0.4) is 0 Å². The number of hydrogen-bond acceptors (Lipinski definition) is 4. The zero-order valence-electron chi connectivity index (χ0n) is 10.8. The quantitative estimate of drug-likeness (QED) is 0.904. The van der Waals surface area contributed by atoms with E-state index in [-0.39, 0.29) is 6.61 Å². The second kappa shape index (κ2) is 5.80. The van der Waals surface area contributed by atoms with Crippen molar-refractivity contribution in [1.29, 1.82) is 0 Å². The molecule has 0 unspecified atom stereocenters. The number of halogens is 1. The van der Waals surface area contributed by atoms with Gasteiger partial charge in [-0.25, -0.2) is 4.98 Å².